The molecule has 0 aromatic carbocycles. The second kappa shape index (κ2) is 10.7. The fourth-order valence-electron chi connectivity index (χ4n) is 3.62. The number of thiophene rings is 1. The molecule has 2 heterocycles. The van der Waals surface area contributed by atoms with Gasteiger partial charge in [0.15, 0.2) is 5.96 Å². The van der Waals surface area contributed by atoms with Crippen molar-refractivity contribution in [3.8, 4) is 0 Å². The lowest BCUT2D eigenvalue weighted by Gasteiger charge is -2.34. The third kappa shape index (κ3) is 7.22. The van der Waals surface area contributed by atoms with Gasteiger partial charge in [0.2, 0.25) is 0 Å². The van der Waals surface area contributed by atoms with Crippen LogP contribution in [0.4, 0.5) is 0 Å². The summed E-state index contributed by atoms with van der Waals surface area (Å²) in [6.07, 6.45) is 4.92. The summed E-state index contributed by atoms with van der Waals surface area (Å²) in [7, 11) is 1.84. The smallest absolute Gasteiger partial charge is 0.190 e. The summed E-state index contributed by atoms with van der Waals surface area (Å²) in [5.41, 5.74) is 0. The van der Waals surface area contributed by atoms with Crippen LogP contribution in [-0.2, 0) is 6.42 Å². The van der Waals surface area contributed by atoms with Crippen molar-refractivity contribution in [3.63, 3.8) is 0 Å². The molecule has 2 atom stereocenters. The second-order valence-electron chi connectivity index (χ2n) is 7.17. The van der Waals surface area contributed by atoms with Crippen LogP contribution in [0.3, 0.4) is 0 Å². The van der Waals surface area contributed by atoms with E-state index in [2.05, 4.69) is 51.9 Å². The average Bonchev–Trinajstić information content (AvgIpc) is 3.05. The Morgan fingerprint density at radius 2 is 1.96 bits per heavy atom. The number of nitrogens with one attached hydrogen (secondary N) is 2. The van der Waals surface area contributed by atoms with E-state index in [0.717, 1.165) is 37.3 Å². The molecular formula is C19H34N4S. The van der Waals surface area contributed by atoms with E-state index in [1.807, 2.05) is 18.4 Å². The van der Waals surface area contributed by atoms with Gasteiger partial charge >= 0.3 is 0 Å². The van der Waals surface area contributed by atoms with Crippen LogP contribution in [0, 0.1) is 11.8 Å². The number of piperidine rings is 1. The summed E-state index contributed by atoms with van der Waals surface area (Å²) in [5, 5.41) is 8.95. The van der Waals surface area contributed by atoms with Gasteiger partial charge in [-0.15, -0.1) is 11.3 Å². The summed E-state index contributed by atoms with van der Waals surface area (Å²) in [6.45, 7) is 10.5. The standard InChI is InChI=1S/C19H34N4S/c1-16-13-17(2)15-23(14-16)11-5-4-9-21-19(20-3)22-10-8-18-7-6-12-24-18/h6-7,12,16-17H,4-5,8-11,13-15H2,1-3H3,(H2,20,21,22). The van der Waals surface area contributed by atoms with Gasteiger partial charge in [-0.2, -0.15) is 0 Å². The Labute approximate surface area is 151 Å². The Morgan fingerprint density at radius 1 is 1.21 bits per heavy atom. The molecule has 0 bridgehead atoms. The molecule has 0 saturated carbocycles. The van der Waals surface area contributed by atoms with Crippen LogP contribution in [0.2, 0.25) is 0 Å². The zero-order valence-electron chi connectivity index (χ0n) is 15.6. The predicted octanol–water partition coefficient (Wildman–Crippen LogP) is 3.21. The monoisotopic (exact) mass is 350 g/mol. The molecule has 1 aromatic heterocycles. The van der Waals surface area contributed by atoms with Crippen LogP contribution in [0.25, 0.3) is 0 Å². The molecule has 4 nitrogen and oxygen atoms in total. The van der Waals surface area contributed by atoms with E-state index >= 15 is 0 Å². The molecule has 24 heavy (non-hydrogen) atoms. The molecule has 1 saturated heterocycles. The summed E-state index contributed by atoms with van der Waals surface area (Å²) in [4.78, 5) is 8.37. The first-order valence-electron chi connectivity index (χ1n) is 9.36. The van der Waals surface area contributed by atoms with Crippen molar-refractivity contribution in [3.05, 3.63) is 22.4 Å². The minimum absolute atomic E-state index is 0.859. The Morgan fingerprint density at radius 3 is 2.62 bits per heavy atom. The first-order valence-corrected chi connectivity index (χ1v) is 10.2. The predicted molar refractivity (Wildman–Crippen MR) is 106 cm³/mol. The minimum atomic E-state index is 0.859. The maximum Gasteiger partial charge on any atom is 0.190 e. The van der Waals surface area contributed by atoms with Gasteiger partial charge in [-0.05, 0) is 55.5 Å². The first kappa shape index (κ1) is 19.3. The quantitative estimate of drug-likeness (QED) is 0.430. The van der Waals surface area contributed by atoms with E-state index in [-0.39, 0.29) is 0 Å². The number of rotatable bonds is 8. The number of aliphatic imine (C=N–C) groups is 1. The molecule has 1 aliphatic rings. The summed E-state index contributed by atoms with van der Waals surface area (Å²) >= 11 is 1.82. The van der Waals surface area contributed by atoms with Crippen molar-refractivity contribution in [2.45, 2.75) is 39.5 Å². The van der Waals surface area contributed by atoms with Crippen LogP contribution in [-0.4, -0.2) is 50.6 Å². The fourth-order valence-corrected chi connectivity index (χ4v) is 4.33. The molecule has 5 heteroatoms. The molecule has 2 rings (SSSR count). The normalized spacial score (nSPS) is 22.5. The molecule has 0 amide bonds. The molecule has 0 spiro atoms. The van der Waals surface area contributed by atoms with Crippen LogP contribution < -0.4 is 10.6 Å². The highest BCUT2D eigenvalue weighted by atomic mass is 32.1. The average molecular weight is 351 g/mol. The van der Waals surface area contributed by atoms with Crippen molar-refractivity contribution in [2.24, 2.45) is 16.8 Å². The SMILES string of the molecule is CN=C(NCCCCN1CC(C)CC(C)C1)NCCc1cccs1. The number of likely N-dealkylation sites (tertiary alicyclic amines) is 1. The van der Waals surface area contributed by atoms with E-state index in [1.165, 1.54) is 43.8 Å². The van der Waals surface area contributed by atoms with E-state index < -0.39 is 0 Å². The lowest BCUT2D eigenvalue weighted by molar-refractivity contribution is 0.139. The largest absolute Gasteiger partial charge is 0.356 e. The molecule has 1 aliphatic heterocycles. The van der Waals surface area contributed by atoms with Gasteiger partial charge in [0.05, 0.1) is 0 Å². The second-order valence-corrected chi connectivity index (χ2v) is 8.20. The van der Waals surface area contributed by atoms with Gasteiger partial charge in [0.1, 0.15) is 0 Å². The fraction of sp³-hybridized carbons (Fsp3) is 0.737. The number of guanidine groups is 1. The first-order chi connectivity index (χ1) is 11.7. The third-order valence-corrected chi connectivity index (χ3v) is 5.54. The van der Waals surface area contributed by atoms with Crippen molar-refractivity contribution in [1.29, 1.82) is 0 Å². The van der Waals surface area contributed by atoms with Crippen LogP contribution in [0.5, 0.6) is 0 Å². The number of hydrogen-bond acceptors (Lipinski definition) is 3. The van der Waals surface area contributed by atoms with Crippen molar-refractivity contribution in [1.82, 2.24) is 15.5 Å². The topological polar surface area (TPSA) is 39.7 Å². The van der Waals surface area contributed by atoms with E-state index in [9.17, 15) is 0 Å². The highest BCUT2D eigenvalue weighted by Crippen LogP contribution is 2.20. The van der Waals surface area contributed by atoms with Crippen LogP contribution >= 0.6 is 11.3 Å². The van der Waals surface area contributed by atoms with Crippen LogP contribution in [0.15, 0.2) is 22.5 Å². The number of hydrogen-bond donors (Lipinski definition) is 2. The van der Waals surface area contributed by atoms with Crippen LogP contribution in [0.1, 0.15) is 38.0 Å². The maximum atomic E-state index is 4.30. The number of nitrogens with zero attached hydrogens (tertiary/aromatic N) is 2. The molecule has 2 unspecified atom stereocenters. The Hall–Kier alpha value is -1.07. The number of unbranched alkanes of at least 4 members (excludes halogenated alkanes) is 1. The van der Waals surface area contributed by atoms with Gasteiger partial charge in [-0.25, -0.2) is 0 Å². The third-order valence-electron chi connectivity index (χ3n) is 4.61. The summed E-state index contributed by atoms with van der Waals surface area (Å²) in [6, 6.07) is 4.29. The van der Waals surface area contributed by atoms with Crippen molar-refractivity contribution >= 4 is 17.3 Å². The van der Waals surface area contributed by atoms with Gasteiger partial charge in [0, 0.05) is 38.1 Å². The van der Waals surface area contributed by atoms with Crippen molar-refractivity contribution in [2.75, 3.05) is 39.8 Å². The maximum absolute atomic E-state index is 4.30. The lowest BCUT2D eigenvalue weighted by atomic mass is 9.92. The molecule has 0 radical (unpaired) electrons. The zero-order valence-corrected chi connectivity index (χ0v) is 16.4. The lowest BCUT2D eigenvalue weighted by Crippen LogP contribution is -2.40. The molecular weight excluding hydrogens is 316 g/mol. The zero-order chi connectivity index (χ0) is 17.2. The van der Waals surface area contributed by atoms with Gasteiger partial charge < -0.3 is 15.5 Å². The minimum Gasteiger partial charge on any atom is -0.356 e. The highest BCUT2D eigenvalue weighted by molar-refractivity contribution is 7.09. The molecule has 2 N–H and O–H groups in total. The molecule has 0 aliphatic carbocycles. The van der Waals surface area contributed by atoms with E-state index in [4.69, 9.17) is 0 Å². The summed E-state index contributed by atoms with van der Waals surface area (Å²) in [5.74, 6) is 2.64. The van der Waals surface area contributed by atoms with Gasteiger partial charge in [-0.1, -0.05) is 19.9 Å². The molecule has 1 fully saturated rings. The Kier molecular flexibility index (Phi) is 8.60. The van der Waals surface area contributed by atoms with Gasteiger partial charge in [0.25, 0.3) is 0 Å². The summed E-state index contributed by atoms with van der Waals surface area (Å²) < 4.78 is 0. The molecule has 136 valence electrons. The highest BCUT2D eigenvalue weighted by Gasteiger charge is 2.20. The Bertz CT molecular complexity index is 462. The van der Waals surface area contributed by atoms with Crippen molar-refractivity contribution < 1.29 is 0 Å². The van der Waals surface area contributed by atoms with E-state index in [0.29, 0.717) is 0 Å². The Balaban J connectivity index is 1.52. The van der Waals surface area contributed by atoms with E-state index in [1.54, 1.807) is 0 Å². The van der Waals surface area contributed by atoms with Gasteiger partial charge in [-0.3, -0.25) is 4.99 Å². The molecule has 1 aromatic rings.